The predicted octanol–water partition coefficient (Wildman–Crippen LogP) is 2.97. The number of carboxylic acid groups (broad SMARTS) is 1. The van der Waals surface area contributed by atoms with Crippen LogP contribution in [0.4, 0.5) is 10.7 Å². The molecule has 0 unspecified atom stereocenters. The van der Waals surface area contributed by atoms with Crippen molar-refractivity contribution in [2.24, 2.45) is 0 Å². The van der Waals surface area contributed by atoms with Gasteiger partial charge in [-0.1, -0.05) is 0 Å². The first kappa shape index (κ1) is 16.8. The molecule has 2 N–H and O–H groups in total. The third-order valence-corrected chi connectivity index (χ3v) is 5.75. The lowest BCUT2D eigenvalue weighted by Gasteiger charge is -2.12. The summed E-state index contributed by atoms with van der Waals surface area (Å²) < 4.78 is 1.79. The first-order chi connectivity index (χ1) is 11.4. The Morgan fingerprint density at radius 1 is 1.29 bits per heavy atom. The van der Waals surface area contributed by atoms with Gasteiger partial charge in [0, 0.05) is 41.7 Å². The van der Waals surface area contributed by atoms with Gasteiger partial charge in [-0.15, -0.1) is 11.3 Å². The topological polar surface area (TPSA) is 72.9 Å². The third-order valence-electron chi connectivity index (χ3n) is 3.51. The minimum absolute atomic E-state index is 0.00594. The first-order valence-electron chi connectivity index (χ1n) is 7.28. The van der Waals surface area contributed by atoms with Crippen molar-refractivity contribution >= 4 is 45.8 Å². The van der Waals surface area contributed by atoms with Gasteiger partial charge in [-0.3, -0.25) is 9.59 Å². The van der Waals surface area contributed by atoms with Crippen LogP contribution in [0.25, 0.3) is 0 Å². The van der Waals surface area contributed by atoms with Gasteiger partial charge in [-0.2, -0.15) is 0 Å². The minimum atomic E-state index is -0.840. The van der Waals surface area contributed by atoms with Gasteiger partial charge in [-0.05, 0) is 42.3 Å². The Morgan fingerprint density at radius 3 is 2.58 bits per heavy atom. The molecular weight excluding hydrogens is 346 g/mol. The highest BCUT2D eigenvalue weighted by molar-refractivity contribution is 7.97. The summed E-state index contributed by atoms with van der Waals surface area (Å²) in [5, 5.41) is 12.5. The number of amides is 1. The zero-order valence-corrected chi connectivity index (χ0v) is 14.9. The fourth-order valence-corrected chi connectivity index (χ4v) is 4.67. The van der Waals surface area contributed by atoms with E-state index in [1.165, 1.54) is 23.3 Å². The number of aliphatic carboxylic acids is 1. The van der Waals surface area contributed by atoms with Crippen molar-refractivity contribution in [1.82, 2.24) is 4.31 Å². The van der Waals surface area contributed by atoms with Crippen molar-refractivity contribution < 1.29 is 14.7 Å². The maximum Gasteiger partial charge on any atom is 0.318 e. The average molecular weight is 363 g/mol. The van der Waals surface area contributed by atoms with Crippen molar-refractivity contribution in [1.29, 1.82) is 0 Å². The number of nitrogens with one attached hydrogen (secondary N) is 1. The Bertz CT molecular complexity index is 748. The highest BCUT2D eigenvalue weighted by Gasteiger charge is 2.25. The van der Waals surface area contributed by atoms with E-state index in [2.05, 4.69) is 5.32 Å². The Labute approximate surface area is 148 Å². The van der Waals surface area contributed by atoms with Crippen LogP contribution in [-0.4, -0.2) is 41.9 Å². The van der Waals surface area contributed by atoms with E-state index >= 15 is 0 Å². The van der Waals surface area contributed by atoms with Crippen molar-refractivity contribution in [2.45, 2.75) is 11.4 Å². The molecule has 0 saturated carbocycles. The second-order valence-electron chi connectivity index (χ2n) is 5.58. The van der Waals surface area contributed by atoms with Gasteiger partial charge in [0.25, 0.3) is 5.91 Å². The number of anilines is 2. The van der Waals surface area contributed by atoms with Gasteiger partial charge in [-0.25, -0.2) is 4.31 Å². The van der Waals surface area contributed by atoms with Crippen LogP contribution in [0, 0.1) is 0 Å². The van der Waals surface area contributed by atoms with Gasteiger partial charge >= 0.3 is 5.97 Å². The van der Waals surface area contributed by atoms with Crippen LogP contribution < -0.4 is 10.2 Å². The highest BCUT2D eigenvalue weighted by Crippen LogP contribution is 2.43. The van der Waals surface area contributed by atoms with Gasteiger partial charge in [0.15, 0.2) is 0 Å². The minimum Gasteiger partial charge on any atom is -0.480 e. The molecule has 1 amide bonds. The summed E-state index contributed by atoms with van der Waals surface area (Å²) in [6.45, 7) is 0.594. The number of carbonyl (C=O) groups excluding carboxylic acids is 1. The van der Waals surface area contributed by atoms with Gasteiger partial charge < -0.3 is 15.3 Å². The number of hydrogen-bond acceptors (Lipinski definition) is 6. The van der Waals surface area contributed by atoms with E-state index in [-0.39, 0.29) is 12.5 Å². The van der Waals surface area contributed by atoms with Crippen molar-refractivity contribution in [3.63, 3.8) is 0 Å². The molecule has 24 heavy (non-hydrogen) atoms. The number of nitrogens with zero attached hydrogens (tertiary/aromatic N) is 2. The summed E-state index contributed by atoms with van der Waals surface area (Å²) in [7, 11) is 3.90. The number of benzene rings is 1. The van der Waals surface area contributed by atoms with E-state index in [0.717, 1.165) is 20.5 Å². The number of carboxylic acids is 1. The lowest BCUT2D eigenvalue weighted by Crippen LogP contribution is -2.19. The Balaban J connectivity index is 1.63. The maximum atomic E-state index is 12.3. The molecule has 1 aliphatic heterocycles. The van der Waals surface area contributed by atoms with Gasteiger partial charge in [0.05, 0.1) is 5.00 Å². The first-order valence-corrected chi connectivity index (χ1v) is 8.87. The Morgan fingerprint density at radius 2 is 2.00 bits per heavy atom. The van der Waals surface area contributed by atoms with E-state index in [9.17, 15) is 9.59 Å². The molecule has 1 aromatic carbocycles. The largest absolute Gasteiger partial charge is 0.480 e. The summed E-state index contributed by atoms with van der Waals surface area (Å²) >= 11 is 2.91. The summed E-state index contributed by atoms with van der Waals surface area (Å²) in [4.78, 5) is 27.1. The molecule has 8 heteroatoms. The molecular formula is C16H17N3O3S2. The zero-order valence-electron chi connectivity index (χ0n) is 13.3. The standard InChI is InChI=1S/C16H17N3O3S2/c1-18(2)11-5-3-10(4-6-11)16(22)17-14-7-12-13(23-14)8-19(24-12)9-15(20)21/h3-7H,8-9H2,1-2H3,(H,17,22)(H,20,21). The van der Waals surface area contributed by atoms with E-state index in [1.54, 1.807) is 16.4 Å². The number of rotatable bonds is 5. The fraction of sp³-hybridized carbons (Fsp3) is 0.250. The lowest BCUT2D eigenvalue weighted by molar-refractivity contribution is -0.137. The van der Waals surface area contributed by atoms with Crippen molar-refractivity contribution in [2.75, 3.05) is 30.9 Å². The predicted molar refractivity (Wildman–Crippen MR) is 96.9 cm³/mol. The second-order valence-corrected chi connectivity index (χ2v) is 7.85. The van der Waals surface area contributed by atoms with Crippen LogP contribution in [0.3, 0.4) is 0 Å². The van der Waals surface area contributed by atoms with E-state index in [1.807, 2.05) is 37.2 Å². The van der Waals surface area contributed by atoms with Crippen molar-refractivity contribution in [3.05, 3.63) is 40.8 Å². The zero-order chi connectivity index (χ0) is 17.3. The molecule has 0 radical (unpaired) electrons. The summed E-state index contributed by atoms with van der Waals surface area (Å²) in [5.74, 6) is -0.986. The molecule has 0 spiro atoms. The summed E-state index contributed by atoms with van der Waals surface area (Å²) in [6.07, 6.45) is 0. The van der Waals surface area contributed by atoms with E-state index in [0.29, 0.717) is 12.1 Å². The summed E-state index contributed by atoms with van der Waals surface area (Å²) in [5.41, 5.74) is 1.64. The quantitative estimate of drug-likeness (QED) is 0.796. The highest BCUT2D eigenvalue weighted by atomic mass is 32.2. The fourth-order valence-electron chi connectivity index (χ4n) is 2.33. The van der Waals surface area contributed by atoms with Crippen LogP contribution in [0.15, 0.2) is 35.2 Å². The van der Waals surface area contributed by atoms with Gasteiger partial charge in [0.1, 0.15) is 6.54 Å². The van der Waals surface area contributed by atoms with Crippen LogP contribution in [0.5, 0.6) is 0 Å². The molecule has 2 heterocycles. The van der Waals surface area contributed by atoms with E-state index in [4.69, 9.17) is 5.11 Å². The smallest absolute Gasteiger partial charge is 0.318 e. The monoisotopic (exact) mass is 363 g/mol. The Hall–Kier alpha value is -2.03. The number of carbonyl (C=O) groups is 2. The normalized spacial score (nSPS) is 13.6. The molecule has 2 aromatic rings. The van der Waals surface area contributed by atoms with Crippen molar-refractivity contribution in [3.8, 4) is 0 Å². The molecule has 0 atom stereocenters. The third kappa shape index (κ3) is 3.72. The van der Waals surface area contributed by atoms with Crippen LogP contribution >= 0.6 is 23.3 Å². The molecule has 0 saturated heterocycles. The van der Waals surface area contributed by atoms with E-state index < -0.39 is 5.97 Å². The number of thiophene rings is 1. The molecule has 1 aliphatic rings. The molecule has 0 bridgehead atoms. The van der Waals surface area contributed by atoms with Gasteiger partial charge in [0.2, 0.25) is 0 Å². The van der Waals surface area contributed by atoms with Crippen LogP contribution in [-0.2, 0) is 11.3 Å². The molecule has 3 rings (SSSR count). The average Bonchev–Trinajstić information content (AvgIpc) is 3.04. The molecule has 126 valence electrons. The molecule has 6 nitrogen and oxygen atoms in total. The Kier molecular flexibility index (Phi) is 4.79. The van der Waals surface area contributed by atoms with Crippen LogP contribution in [0.2, 0.25) is 0 Å². The number of hydrogen-bond donors (Lipinski definition) is 2. The maximum absolute atomic E-state index is 12.3. The van der Waals surface area contributed by atoms with Crippen LogP contribution in [0.1, 0.15) is 15.2 Å². The lowest BCUT2D eigenvalue weighted by atomic mass is 10.2. The molecule has 0 aliphatic carbocycles. The molecule has 0 fully saturated rings. The second kappa shape index (κ2) is 6.84. The number of fused-ring (bicyclic) bond motifs is 1. The summed E-state index contributed by atoms with van der Waals surface area (Å²) in [6, 6.07) is 9.31. The molecule has 1 aromatic heterocycles. The SMILES string of the molecule is CN(C)c1ccc(C(=O)Nc2cc3c(s2)CN(CC(=O)O)S3)cc1.